The van der Waals surface area contributed by atoms with Gasteiger partial charge in [0, 0.05) is 30.6 Å². The molecule has 1 N–H and O–H groups in total. The molecule has 1 aliphatic heterocycles. The van der Waals surface area contributed by atoms with Crippen molar-refractivity contribution in [2.45, 2.75) is 12.5 Å². The van der Waals surface area contributed by atoms with Crippen molar-refractivity contribution in [1.29, 1.82) is 0 Å². The number of nitrogens with zero attached hydrogens (tertiary/aromatic N) is 1. The van der Waals surface area contributed by atoms with E-state index >= 15 is 0 Å². The van der Waals surface area contributed by atoms with Gasteiger partial charge in [-0.2, -0.15) is 0 Å². The van der Waals surface area contributed by atoms with Crippen molar-refractivity contribution in [3.8, 4) is 5.75 Å². The normalized spacial score (nSPS) is 20.9. The van der Waals surface area contributed by atoms with Crippen molar-refractivity contribution in [2.24, 2.45) is 5.92 Å². The maximum atomic E-state index is 11.8. The standard InChI is InChI=1S/C19H20ClNO3/c1-24-18-9-14(20)7-8-15(18)16-11-21(12-17(16)19(22)23)10-13-5-3-2-4-6-13/h2-9,16-17H,10-12H2,1H3,(H,22,23)/t16-,17+/m0/s1. The fraction of sp³-hybridized carbons (Fsp3) is 0.316. The van der Waals surface area contributed by atoms with Gasteiger partial charge in [0.25, 0.3) is 0 Å². The molecule has 1 heterocycles. The topological polar surface area (TPSA) is 49.8 Å². The van der Waals surface area contributed by atoms with Crippen LogP contribution in [0.15, 0.2) is 48.5 Å². The first kappa shape index (κ1) is 16.8. The smallest absolute Gasteiger partial charge is 0.308 e. The van der Waals surface area contributed by atoms with Crippen molar-refractivity contribution in [2.75, 3.05) is 20.2 Å². The highest BCUT2D eigenvalue weighted by atomic mass is 35.5. The Morgan fingerprint density at radius 1 is 1.25 bits per heavy atom. The molecule has 0 unspecified atom stereocenters. The number of likely N-dealkylation sites (tertiary alicyclic amines) is 1. The van der Waals surface area contributed by atoms with E-state index in [1.54, 1.807) is 19.2 Å². The van der Waals surface area contributed by atoms with Crippen LogP contribution in [0.4, 0.5) is 0 Å². The molecular formula is C19H20ClNO3. The largest absolute Gasteiger partial charge is 0.496 e. The lowest BCUT2D eigenvalue weighted by atomic mass is 9.88. The Morgan fingerprint density at radius 2 is 2.00 bits per heavy atom. The van der Waals surface area contributed by atoms with E-state index in [4.69, 9.17) is 16.3 Å². The van der Waals surface area contributed by atoms with Gasteiger partial charge in [0.05, 0.1) is 13.0 Å². The molecule has 5 heteroatoms. The predicted molar refractivity (Wildman–Crippen MR) is 93.6 cm³/mol. The minimum atomic E-state index is -0.771. The van der Waals surface area contributed by atoms with Gasteiger partial charge in [-0.3, -0.25) is 9.69 Å². The summed E-state index contributed by atoms with van der Waals surface area (Å²) >= 11 is 6.03. The van der Waals surface area contributed by atoms with Gasteiger partial charge in [-0.25, -0.2) is 0 Å². The number of halogens is 1. The Bertz CT molecular complexity index is 720. The van der Waals surface area contributed by atoms with Crippen LogP contribution in [0.5, 0.6) is 5.75 Å². The first-order valence-corrected chi connectivity index (χ1v) is 8.29. The second-order valence-electron chi connectivity index (χ2n) is 6.12. The molecule has 0 bridgehead atoms. The minimum absolute atomic E-state index is 0.113. The lowest BCUT2D eigenvalue weighted by Gasteiger charge is -2.19. The summed E-state index contributed by atoms with van der Waals surface area (Å²) in [7, 11) is 1.58. The van der Waals surface area contributed by atoms with Crippen LogP contribution in [0, 0.1) is 5.92 Å². The molecule has 0 saturated carbocycles. The number of benzene rings is 2. The zero-order valence-electron chi connectivity index (χ0n) is 13.5. The molecule has 2 aromatic carbocycles. The summed E-state index contributed by atoms with van der Waals surface area (Å²) in [5, 5.41) is 10.2. The van der Waals surface area contributed by atoms with Gasteiger partial charge < -0.3 is 9.84 Å². The molecule has 0 radical (unpaired) electrons. The lowest BCUT2D eigenvalue weighted by Crippen LogP contribution is -2.23. The number of carbonyl (C=O) groups is 1. The van der Waals surface area contributed by atoms with E-state index in [0.717, 1.165) is 12.1 Å². The van der Waals surface area contributed by atoms with Gasteiger partial charge in [-0.1, -0.05) is 48.0 Å². The monoisotopic (exact) mass is 345 g/mol. The molecule has 4 nitrogen and oxygen atoms in total. The number of carboxylic acid groups (broad SMARTS) is 1. The molecule has 3 rings (SSSR count). The summed E-state index contributed by atoms with van der Waals surface area (Å²) in [5.41, 5.74) is 2.09. The molecule has 24 heavy (non-hydrogen) atoms. The Hall–Kier alpha value is -2.04. The highest BCUT2D eigenvalue weighted by Crippen LogP contribution is 2.39. The van der Waals surface area contributed by atoms with Crippen LogP contribution in [0.25, 0.3) is 0 Å². The molecule has 0 aliphatic carbocycles. The van der Waals surface area contributed by atoms with Gasteiger partial charge in [0.2, 0.25) is 0 Å². The number of hydrogen-bond acceptors (Lipinski definition) is 3. The highest BCUT2D eigenvalue weighted by molar-refractivity contribution is 6.30. The highest BCUT2D eigenvalue weighted by Gasteiger charge is 2.39. The Labute approximate surface area is 146 Å². The van der Waals surface area contributed by atoms with E-state index in [1.165, 1.54) is 5.56 Å². The van der Waals surface area contributed by atoms with Crippen molar-refractivity contribution >= 4 is 17.6 Å². The van der Waals surface area contributed by atoms with Crippen LogP contribution < -0.4 is 4.74 Å². The molecule has 2 atom stereocenters. The second kappa shape index (κ2) is 7.24. The molecule has 1 aliphatic rings. The quantitative estimate of drug-likeness (QED) is 0.898. The van der Waals surface area contributed by atoms with Gasteiger partial charge in [-0.15, -0.1) is 0 Å². The zero-order valence-corrected chi connectivity index (χ0v) is 14.2. The Balaban J connectivity index is 1.85. The minimum Gasteiger partial charge on any atom is -0.496 e. The predicted octanol–water partition coefficient (Wildman–Crippen LogP) is 3.65. The summed E-state index contributed by atoms with van der Waals surface area (Å²) in [4.78, 5) is 13.9. The molecule has 0 spiro atoms. The summed E-state index contributed by atoms with van der Waals surface area (Å²) in [6.07, 6.45) is 0. The van der Waals surface area contributed by atoms with Gasteiger partial charge >= 0.3 is 5.97 Å². The fourth-order valence-electron chi connectivity index (χ4n) is 3.41. The maximum Gasteiger partial charge on any atom is 0.308 e. The average Bonchev–Trinajstić information content (AvgIpc) is 2.99. The first-order chi connectivity index (χ1) is 11.6. The number of rotatable bonds is 5. The summed E-state index contributed by atoms with van der Waals surface area (Å²) in [5.74, 6) is -0.685. The van der Waals surface area contributed by atoms with Gasteiger partial charge in [0.1, 0.15) is 5.75 Å². The molecule has 1 fully saturated rings. The Morgan fingerprint density at radius 3 is 2.67 bits per heavy atom. The van der Waals surface area contributed by atoms with Crippen molar-refractivity contribution in [1.82, 2.24) is 4.90 Å². The van der Waals surface area contributed by atoms with Crippen molar-refractivity contribution < 1.29 is 14.6 Å². The number of hydrogen-bond donors (Lipinski definition) is 1. The third-order valence-electron chi connectivity index (χ3n) is 4.56. The second-order valence-corrected chi connectivity index (χ2v) is 6.55. The van der Waals surface area contributed by atoms with Crippen LogP contribution in [-0.4, -0.2) is 36.2 Å². The zero-order chi connectivity index (χ0) is 17.1. The van der Waals surface area contributed by atoms with E-state index in [1.807, 2.05) is 24.3 Å². The number of methoxy groups -OCH3 is 1. The van der Waals surface area contributed by atoms with E-state index in [2.05, 4.69) is 17.0 Å². The van der Waals surface area contributed by atoms with Crippen molar-refractivity contribution in [3.05, 3.63) is 64.7 Å². The van der Waals surface area contributed by atoms with Crippen LogP contribution >= 0.6 is 11.6 Å². The molecule has 1 saturated heterocycles. The summed E-state index contributed by atoms with van der Waals surface area (Å²) in [6.45, 7) is 1.96. The van der Waals surface area contributed by atoms with Crippen LogP contribution in [0.3, 0.4) is 0 Å². The molecular weight excluding hydrogens is 326 g/mol. The van der Waals surface area contributed by atoms with Gasteiger partial charge in [0.15, 0.2) is 0 Å². The van der Waals surface area contributed by atoms with Crippen LogP contribution in [-0.2, 0) is 11.3 Å². The van der Waals surface area contributed by atoms with E-state index in [-0.39, 0.29) is 5.92 Å². The SMILES string of the molecule is COc1cc(Cl)ccc1[C@@H]1CN(Cc2ccccc2)C[C@H]1C(=O)O. The molecule has 2 aromatic rings. The maximum absolute atomic E-state index is 11.8. The third-order valence-corrected chi connectivity index (χ3v) is 4.79. The van der Waals surface area contributed by atoms with Gasteiger partial charge in [-0.05, 0) is 23.3 Å². The molecule has 0 aromatic heterocycles. The number of aliphatic carboxylic acids is 1. The Kier molecular flexibility index (Phi) is 5.07. The number of ether oxygens (including phenoxy) is 1. The molecule has 126 valence electrons. The fourth-order valence-corrected chi connectivity index (χ4v) is 3.57. The van der Waals surface area contributed by atoms with Crippen LogP contribution in [0.2, 0.25) is 5.02 Å². The van der Waals surface area contributed by atoms with E-state index < -0.39 is 11.9 Å². The van der Waals surface area contributed by atoms with Crippen molar-refractivity contribution in [3.63, 3.8) is 0 Å². The van der Waals surface area contributed by atoms with E-state index in [9.17, 15) is 9.90 Å². The van der Waals surface area contributed by atoms with Crippen LogP contribution in [0.1, 0.15) is 17.0 Å². The third kappa shape index (κ3) is 3.55. The first-order valence-electron chi connectivity index (χ1n) is 7.91. The summed E-state index contributed by atoms with van der Waals surface area (Å²) < 4.78 is 5.42. The lowest BCUT2D eigenvalue weighted by molar-refractivity contribution is -0.141. The summed E-state index contributed by atoms with van der Waals surface area (Å²) in [6, 6.07) is 15.5. The number of carboxylic acids is 1. The van der Waals surface area contributed by atoms with E-state index in [0.29, 0.717) is 23.9 Å². The molecule has 0 amide bonds. The average molecular weight is 346 g/mol.